The highest BCUT2D eigenvalue weighted by Gasteiger charge is 2.13. The Bertz CT molecular complexity index is 940. The molecule has 2 N–H and O–H groups in total. The lowest BCUT2D eigenvalue weighted by Crippen LogP contribution is -2.35. The van der Waals surface area contributed by atoms with Crippen molar-refractivity contribution >= 4 is 29.4 Å². The number of carbonyl (C=O) groups excluding carboxylic acids is 2. The fourth-order valence-electron chi connectivity index (χ4n) is 2.37. The first-order valence-corrected chi connectivity index (χ1v) is 9.72. The molecule has 1 aromatic heterocycles. The number of hydrogen-bond donors (Lipinski definition) is 2. The maximum Gasteiger partial charge on any atom is 0.325 e. The molecule has 8 heteroatoms. The van der Waals surface area contributed by atoms with Gasteiger partial charge >= 0.3 is 6.03 Å². The monoisotopic (exact) mass is 396 g/mol. The molecule has 0 spiro atoms. The van der Waals surface area contributed by atoms with Crippen LogP contribution in [-0.2, 0) is 4.79 Å². The van der Waals surface area contributed by atoms with Crippen LogP contribution in [0, 0.1) is 0 Å². The molecule has 0 unspecified atom stereocenters. The Balaban J connectivity index is 1.46. The lowest BCUT2D eigenvalue weighted by Gasteiger charge is -2.08. The van der Waals surface area contributed by atoms with E-state index in [1.54, 1.807) is 12.1 Å². The largest absolute Gasteiger partial charge is 0.411 e. The lowest BCUT2D eigenvalue weighted by molar-refractivity contribution is -0.117. The van der Waals surface area contributed by atoms with Gasteiger partial charge in [0.05, 0.1) is 5.75 Å². The van der Waals surface area contributed by atoms with E-state index in [4.69, 9.17) is 4.42 Å². The van der Waals surface area contributed by atoms with Gasteiger partial charge in [-0.05, 0) is 35.7 Å². The topological polar surface area (TPSA) is 97.1 Å². The van der Waals surface area contributed by atoms with Gasteiger partial charge in [0, 0.05) is 11.3 Å². The molecule has 0 fully saturated rings. The second-order valence-corrected chi connectivity index (χ2v) is 7.23. The molecule has 1 heterocycles. The number of benzene rings is 2. The van der Waals surface area contributed by atoms with Crippen molar-refractivity contribution in [1.29, 1.82) is 0 Å². The Hall–Kier alpha value is -3.13. The third-order valence-electron chi connectivity index (χ3n) is 3.84. The van der Waals surface area contributed by atoms with Crippen LogP contribution < -0.4 is 10.6 Å². The SMILES string of the molecule is CC(C)c1ccc(NC(=O)NC(=O)CSc2nnc(-c3ccccc3)o2)cc1. The number of thioether (sulfide) groups is 1. The van der Waals surface area contributed by atoms with Crippen molar-refractivity contribution in [3.63, 3.8) is 0 Å². The zero-order chi connectivity index (χ0) is 19.9. The number of urea groups is 1. The molecule has 0 aliphatic carbocycles. The zero-order valence-corrected chi connectivity index (χ0v) is 16.3. The standard InChI is InChI=1S/C20H20N4O3S/c1-13(2)14-8-10-16(11-9-14)21-19(26)22-17(25)12-28-20-24-23-18(27-20)15-6-4-3-5-7-15/h3-11,13H,12H2,1-2H3,(H2,21,22,25,26). The molecule has 3 rings (SSSR count). The summed E-state index contributed by atoms with van der Waals surface area (Å²) in [7, 11) is 0. The first-order chi connectivity index (χ1) is 13.5. The molecule has 0 aliphatic rings. The number of nitrogens with zero attached hydrogens (tertiary/aromatic N) is 2. The van der Waals surface area contributed by atoms with Gasteiger partial charge in [-0.3, -0.25) is 10.1 Å². The number of hydrogen-bond acceptors (Lipinski definition) is 6. The molecule has 0 saturated carbocycles. The first-order valence-electron chi connectivity index (χ1n) is 8.74. The van der Waals surface area contributed by atoms with E-state index in [1.807, 2.05) is 42.5 Å². The van der Waals surface area contributed by atoms with E-state index in [1.165, 1.54) is 5.56 Å². The third-order valence-corrected chi connectivity index (χ3v) is 4.66. The number of nitrogens with one attached hydrogen (secondary N) is 2. The second-order valence-electron chi connectivity index (χ2n) is 6.31. The molecule has 2 aromatic carbocycles. The Morgan fingerprint density at radius 1 is 1.04 bits per heavy atom. The van der Waals surface area contributed by atoms with Crippen molar-refractivity contribution < 1.29 is 14.0 Å². The van der Waals surface area contributed by atoms with Crippen LogP contribution in [0.3, 0.4) is 0 Å². The summed E-state index contributed by atoms with van der Waals surface area (Å²) in [5.41, 5.74) is 2.59. The summed E-state index contributed by atoms with van der Waals surface area (Å²) in [6, 6.07) is 16.2. The average molecular weight is 396 g/mol. The van der Waals surface area contributed by atoms with Gasteiger partial charge in [-0.1, -0.05) is 55.9 Å². The highest BCUT2D eigenvalue weighted by molar-refractivity contribution is 7.99. The Morgan fingerprint density at radius 2 is 1.75 bits per heavy atom. The Labute approximate surface area is 166 Å². The van der Waals surface area contributed by atoms with Crippen molar-refractivity contribution in [2.75, 3.05) is 11.1 Å². The van der Waals surface area contributed by atoms with Crippen LogP contribution in [-0.4, -0.2) is 27.9 Å². The molecule has 144 valence electrons. The van der Waals surface area contributed by atoms with E-state index in [0.29, 0.717) is 17.5 Å². The van der Waals surface area contributed by atoms with Crippen LogP contribution in [0.15, 0.2) is 64.2 Å². The number of amides is 3. The summed E-state index contributed by atoms with van der Waals surface area (Å²) < 4.78 is 5.51. The fraction of sp³-hybridized carbons (Fsp3) is 0.200. The highest BCUT2D eigenvalue weighted by Crippen LogP contribution is 2.22. The van der Waals surface area contributed by atoms with Crippen molar-refractivity contribution in [1.82, 2.24) is 15.5 Å². The predicted octanol–water partition coefficient (Wildman–Crippen LogP) is 4.30. The molecule has 28 heavy (non-hydrogen) atoms. The van der Waals surface area contributed by atoms with Gasteiger partial charge in [-0.25, -0.2) is 4.79 Å². The molecule has 3 amide bonds. The smallest absolute Gasteiger partial charge is 0.325 e. The summed E-state index contributed by atoms with van der Waals surface area (Å²) >= 11 is 1.07. The lowest BCUT2D eigenvalue weighted by atomic mass is 10.0. The van der Waals surface area contributed by atoms with Crippen molar-refractivity contribution in [2.24, 2.45) is 0 Å². The van der Waals surface area contributed by atoms with Gasteiger partial charge in [0.25, 0.3) is 5.22 Å². The van der Waals surface area contributed by atoms with E-state index in [0.717, 1.165) is 17.3 Å². The molecule has 0 bridgehead atoms. The van der Waals surface area contributed by atoms with E-state index >= 15 is 0 Å². The van der Waals surface area contributed by atoms with Crippen LogP contribution in [0.5, 0.6) is 0 Å². The van der Waals surface area contributed by atoms with Crippen LogP contribution in [0.4, 0.5) is 10.5 Å². The zero-order valence-electron chi connectivity index (χ0n) is 15.5. The number of carbonyl (C=O) groups is 2. The fourth-order valence-corrected chi connectivity index (χ4v) is 2.93. The Kier molecular flexibility index (Phi) is 6.44. The maximum atomic E-state index is 12.0. The van der Waals surface area contributed by atoms with Crippen LogP contribution >= 0.6 is 11.8 Å². The number of rotatable bonds is 6. The normalized spacial score (nSPS) is 10.7. The predicted molar refractivity (Wildman–Crippen MR) is 108 cm³/mol. The first kappa shape index (κ1) is 19.6. The van der Waals surface area contributed by atoms with Crippen molar-refractivity contribution in [3.05, 3.63) is 60.2 Å². The molecule has 7 nitrogen and oxygen atoms in total. The summed E-state index contributed by atoms with van der Waals surface area (Å²) in [5.74, 6) is 0.316. The molecular weight excluding hydrogens is 376 g/mol. The minimum absolute atomic E-state index is 0.0177. The minimum Gasteiger partial charge on any atom is -0.411 e. The molecule has 0 aliphatic heterocycles. The molecule has 0 atom stereocenters. The third kappa shape index (κ3) is 5.43. The van der Waals surface area contributed by atoms with Crippen LogP contribution in [0.25, 0.3) is 11.5 Å². The van der Waals surface area contributed by atoms with E-state index in [2.05, 4.69) is 34.7 Å². The minimum atomic E-state index is -0.585. The van der Waals surface area contributed by atoms with Crippen LogP contribution in [0.2, 0.25) is 0 Å². The van der Waals surface area contributed by atoms with E-state index < -0.39 is 11.9 Å². The molecule has 3 aromatic rings. The van der Waals surface area contributed by atoms with Gasteiger partial charge < -0.3 is 9.73 Å². The number of imide groups is 1. The summed E-state index contributed by atoms with van der Waals surface area (Å²) in [6.45, 7) is 4.19. The molecule has 0 saturated heterocycles. The van der Waals surface area contributed by atoms with Crippen molar-refractivity contribution in [3.8, 4) is 11.5 Å². The molecular formula is C20H20N4O3S. The number of aromatic nitrogens is 2. The average Bonchev–Trinajstić information content (AvgIpc) is 3.16. The van der Waals surface area contributed by atoms with E-state index in [9.17, 15) is 9.59 Å². The van der Waals surface area contributed by atoms with Gasteiger partial charge in [-0.2, -0.15) is 0 Å². The van der Waals surface area contributed by atoms with Crippen molar-refractivity contribution in [2.45, 2.75) is 25.0 Å². The van der Waals surface area contributed by atoms with Gasteiger partial charge in [0.2, 0.25) is 11.8 Å². The van der Waals surface area contributed by atoms with Gasteiger partial charge in [-0.15, -0.1) is 10.2 Å². The molecule has 0 radical (unpaired) electrons. The maximum absolute atomic E-state index is 12.0. The van der Waals surface area contributed by atoms with Gasteiger partial charge in [0.1, 0.15) is 0 Å². The quantitative estimate of drug-likeness (QED) is 0.603. The second kappa shape index (κ2) is 9.18. The Morgan fingerprint density at radius 3 is 2.43 bits per heavy atom. The summed E-state index contributed by atoms with van der Waals surface area (Å²) in [6.07, 6.45) is 0. The summed E-state index contributed by atoms with van der Waals surface area (Å²) in [5, 5.41) is 13.0. The highest BCUT2D eigenvalue weighted by atomic mass is 32.2. The summed E-state index contributed by atoms with van der Waals surface area (Å²) in [4.78, 5) is 23.9. The van der Waals surface area contributed by atoms with Gasteiger partial charge in [0.15, 0.2) is 0 Å². The number of anilines is 1. The van der Waals surface area contributed by atoms with Crippen LogP contribution in [0.1, 0.15) is 25.3 Å². The van der Waals surface area contributed by atoms with E-state index in [-0.39, 0.29) is 11.0 Å².